The molecule has 5 heteroatoms. The molecule has 0 unspecified atom stereocenters. The van der Waals surface area contributed by atoms with Gasteiger partial charge in [-0.1, -0.05) is 30.4 Å². The predicted octanol–water partition coefficient (Wildman–Crippen LogP) is 2.32. The summed E-state index contributed by atoms with van der Waals surface area (Å²) in [6.07, 6.45) is 0. The summed E-state index contributed by atoms with van der Waals surface area (Å²) < 4.78 is 0. The fourth-order valence-corrected chi connectivity index (χ4v) is 1.62. The van der Waals surface area contributed by atoms with E-state index in [1.807, 2.05) is 25.1 Å². The van der Waals surface area contributed by atoms with Crippen LogP contribution in [0, 0.1) is 0 Å². The van der Waals surface area contributed by atoms with Crippen LogP contribution < -0.4 is 5.32 Å². The first-order chi connectivity index (χ1) is 8.59. The Balaban J connectivity index is 2.58. The maximum Gasteiger partial charge on any atom is 0.358 e. The van der Waals surface area contributed by atoms with Crippen LogP contribution >= 0.6 is 0 Å². The number of hydrogen-bond donors (Lipinski definition) is 2. The quantitative estimate of drug-likeness (QED) is 0.806. The van der Waals surface area contributed by atoms with Gasteiger partial charge in [-0.05, 0) is 13.0 Å². The molecule has 0 saturated carbocycles. The van der Waals surface area contributed by atoms with Gasteiger partial charge in [0.2, 0.25) is 0 Å². The van der Waals surface area contributed by atoms with Crippen molar-refractivity contribution in [1.29, 1.82) is 0 Å². The van der Waals surface area contributed by atoms with Crippen molar-refractivity contribution in [2.45, 2.75) is 6.92 Å². The summed E-state index contributed by atoms with van der Waals surface area (Å²) in [5.41, 5.74) is 1.98. The highest BCUT2D eigenvalue weighted by Crippen LogP contribution is 2.24. The molecule has 2 rings (SSSR count). The van der Waals surface area contributed by atoms with Crippen molar-refractivity contribution in [1.82, 2.24) is 10.2 Å². The number of hydrogen-bond acceptors (Lipinski definition) is 4. The molecule has 0 aliphatic heterocycles. The van der Waals surface area contributed by atoms with Gasteiger partial charge in [-0.2, -0.15) is 0 Å². The minimum Gasteiger partial charge on any atom is -0.476 e. The topological polar surface area (TPSA) is 75.1 Å². The van der Waals surface area contributed by atoms with Crippen LogP contribution in [0.3, 0.4) is 0 Å². The minimum absolute atomic E-state index is 0.0741. The van der Waals surface area contributed by atoms with Crippen molar-refractivity contribution in [2.24, 2.45) is 0 Å². The van der Waals surface area contributed by atoms with E-state index in [9.17, 15) is 4.79 Å². The number of fused-ring (bicyclic) bond motifs is 1. The van der Waals surface area contributed by atoms with Gasteiger partial charge in [0.05, 0.1) is 11.2 Å². The van der Waals surface area contributed by atoms with E-state index in [2.05, 4.69) is 22.1 Å². The second kappa shape index (κ2) is 4.83. The molecule has 0 amide bonds. The zero-order valence-corrected chi connectivity index (χ0v) is 9.97. The number of carbonyl (C=O) groups is 1. The fraction of sp³-hybridized carbons (Fsp3) is 0.154. The van der Waals surface area contributed by atoms with Gasteiger partial charge in [-0.25, -0.2) is 4.79 Å². The SMILES string of the molecule is C=C(C)CNc1c(C(=O)O)nnc2ccccc12. The molecule has 92 valence electrons. The van der Waals surface area contributed by atoms with E-state index < -0.39 is 5.97 Å². The first kappa shape index (κ1) is 12.0. The van der Waals surface area contributed by atoms with Crippen LogP contribution in [0.5, 0.6) is 0 Å². The third kappa shape index (κ3) is 2.29. The number of anilines is 1. The Bertz CT molecular complexity index is 623. The van der Waals surface area contributed by atoms with Gasteiger partial charge >= 0.3 is 5.97 Å². The molecule has 0 radical (unpaired) electrons. The van der Waals surface area contributed by atoms with Gasteiger partial charge < -0.3 is 10.4 Å². The number of nitrogens with zero attached hydrogens (tertiary/aromatic N) is 2. The predicted molar refractivity (Wildman–Crippen MR) is 69.8 cm³/mol. The van der Waals surface area contributed by atoms with Crippen molar-refractivity contribution in [3.8, 4) is 0 Å². The second-order valence-corrected chi connectivity index (χ2v) is 4.06. The Morgan fingerprint density at radius 2 is 2.11 bits per heavy atom. The lowest BCUT2D eigenvalue weighted by Gasteiger charge is -2.11. The lowest BCUT2D eigenvalue weighted by molar-refractivity contribution is 0.0690. The van der Waals surface area contributed by atoms with Crippen molar-refractivity contribution >= 4 is 22.6 Å². The molecule has 18 heavy (non-hydrogen) atoms. The summed E-state index contributed by atoms with van der Waals surface area (Å²) in [5.74, 6) is -1.10. The molecular weight excluding hydrogens is 230 g/mol. The van der Waals surface area contributed by atoms with E-state index in [1.165, 1.54) is 0 Å². The van der Waals surface area contributed by atoms with Gasteiger partial charge in [0.15, 0.2) is 5.69 Å². The molecule has 0 spiro atoms. The van der Waals surface area contributed by atoms with E-state index in [0.29, 0.717) is 17.7 Å². The fourth-order valence-electron chi connectivity index (χ4n) is 1.62. The molecule has 1 aromatic heterocycles. The van der Waals surface area contributed by atoms with Gasteiger partial charge in [0.1, 0.15) is 0 Å². The highest BCUT2D eigenvalue weighted by atomic mass is 16.4. The van der Waals surface area contributed by atoms with Gasteiger partial charge in [-0.15, -0.1) is 10.2 Å². The second-order valence-electron chi connectivity index (χ2n) is 4.06. The zero-order chi connectivity index (χ0) is 13.1. The van der Waals surface area contributed by atoms with Crippen LogP contribution in [0.4, 0.5) is 5.69 Å². The molecule has 1 heterocycles. The largest absolute Gasteiger partial charge is 0.476 e. The molecule has 0 saturated heterocycles. The molecule has 0 aliphatic rings. The first-order valence-corrected chi connectivity index (χ1v) is 5.46. The monoisotopic (exact) mass is 243 g/mol. The van der Waals surface area contributed by atoms with Crippen molar-refractivity contribution in [3.05, 3.63) is 42.1 Å². The number of benzene rings is 1. The summed E-state index contributed by atoms with van der Waals surface area (Å²) in [6, 6.07) is 7.28. The normalized spacial score (nSPS) is 10.3. The van der Waals surface area contributed by atoms with Crippen molar-refractivity contribution in [2.75, 3.05) is 11.9 Å². The number of rotatable bonds is 4. The highest BCUT2D eigenvalue weighted by molar-refractivity contribution is 6.02. The average molecular weight is 243 g/mol. The van der Waals surface area contributed by atoms with E-state index in [4.69, 9.17) is 5.11 Å². The van der Waals surface area contributed by atoms with Crippen LogP contribution in [-0.2, 0) is 0 Å². The standard InChI is InChI=1S/C13H13N3O2/c1-8(2)7-14-11-9-5-3-4-6-10(9)15-16-12(11)13(17)18/h3-6H,1,7H2,2H3,(H,14,15)(H,17,18). The van der Waals surface area contributed by atoms with Crippen LogP contribution in [0.2, 0.25) is 0 Å². The zero-order valence-electron chi connectivity index (χ0n) is 9.97. The molecule has 0 fully saturated rings. The third-order valence-corrected chi connectivity index (χ3v) is 2.44. The van der Waals surface area contributed by atoms with E-state index in [0.717, 1.165) is 11.0 Å². The smallest absolute Gasteiger partial charge is 0.358 e. The Labute approximate surface area is 104 Å². The minimum atomic E-state index is -1.10. The number of nitrogens with one attached hydrogen (secondary N) is 1. The Hall–Kier alpha value is -2.43. The van der Waals surface area contributed by atoms with E-state index in [-0.39, 0.29) is 5.69 Å². The molecule has 1 aromatic carbocycles. The van der Waals surface area contributed by atoms with E-state index in [1.54, 1.807) is 6.07 Å². The average Bonchev–Trinajstić information content (AvgIpc) is 2.35. The third-order valence-electron chi connectivity index (χ3n) is 2.44. The Morgan fingerprint density at radius 3 is 2.78 bits per heavy atom. The van der Waals surface area contributed by atoms with Crippen LogP contribution in [0.15, 0.2) is 36.4 Å². The molecule has 0 bridgehead atoms. The van der Waals surface area contributed by atoms with E-state index >= 15 is 0 Å². The molecule has 5 nitrogen and oxygen atoms in total. The molecule has 2 aromatic rings. The molecular formula is C13H13N3O2. The molecule has 2 N–H and O–H groups in total. The van der Waals surface area contributed by atoms with Gasteiger partial charge in [-0.3, -0.25) is 0 Å². The molecule has 0 aliphatic carbocycles. The summed E-state index contributed by atoms with van der Waals surface area (Å²) in [6.45, 7) is 6.14. The summed E-state index contributed by atoms with van der Waals surface area (Å²) in [5, 5.41) is 20.6. The van der Waals surface area contributed by atoms with Crippen LogP contribution in [-0.4, -0.2) is 27.8 Å². The number of aromatic carboxylic acids is 1. The summed E-state index contributed by atoms with van der Waals surface area (Å²) in [7, 11) is 0. The van der Waals surface area contributed by atoms with Crippen molar-refractivity contribution in [3.63, 3.8) is 0 Å². The Kier molecular flexibility index (Phi) is 3.23. The van der Waals surface area contributed by atoms with Crippen LogP contribution in [0.1, 0.15) is 17.4 Å². The maximum absolute atomic E-state index is 11.1. The van der Waals surface area contributed by atoms with Crippen LogP contribution in [0.25, 0.3) is 10.9 Å². The Morgan fingerprint density at radius 1 is 1.39 bits per heavy atom. The number of aromatic nitrogens is 2. The number of carboxylic acids is 1. The summed E-state index contributed by atoms with van der Waals surface area (Å²) >= 11 is 0. The summed E-state index contributed by atoms with van der Waals surface area (Å²) in [4.78, 5) is 11.1. The van der Waals surface area contributed by atoms with Gasteiger partial charge in [0, 0.05) is 11.9 Å². The molecule has 0 atom stereocenters. The maximum atomic E-state index is 11.1. The number of carboxylic acid groups (broad SMARTS) is 1. The lowest BCUT2D eigenvalue weighted by atomic mass is 10.1. The first-order valence-electron chi connectivity index (χ1n) is 5.46. The lowest BCUT2D eigenvalue weighted by Crippen LogP contribution is -2.11. The van der Waals surface area contributed by atoms with Crippen molar-refractivity contribution < 1.29 is 9.90 Å². The highest BCUT2D eigenvalue weighted by Gasteiger charge is 2.15. The van der Waals surface area contributed by atoms with Gasteiger partial charge in [0.25, 0.3) is 0 Å².